The van der Waals surface area contributed by atoms with Crippen molar-refractivity contribution in [2.24, 2.45) is 0 Å². The van der Waals surface area contributed by atoms with Crippen LogP contribution in [0.2, 0.25) is 0 Å². The summed E-state index contributed by atoms with van der Waals surface area (Å²) in [6.07, 6.45) is 6.15. The van der Waals surface area contributed by atoms with Gasteiger partial charge >= 0.3 is 0 Å². The summed E-state index contributed by atoms with van der Waals surface area (Å²) in [5, 5.41) is 14.1. The number of benzene rings is 1. The van der Waals surface area contributed by atoms with Gasteiger partial charge in [0.2, 0.25) is 5.91 Å². The van der Waals surface area contributed by atoms with Gasteiger partial charge in [-0.2, -0.15) is 0 Å². The Kier molecular flexibility index (Phi) is 5.83. The van der Waals surface area contributed by atoms with Crippen molar-refractivity contribution in [3.63, 3.8) is 0 Å². The molecule has 0 radical (unpaired) electrons. The highest BCUT2D eigenvalue weighted by atomic mass is 32.2. The van der Waals surface area contributed by atoms with Crippen LogP contribution in [0.5, 0.6) is 0 Å². The van der Waals surface area contributed by atoms with E-state index >= 15 is 0 Å². The first-order valence-corrected chi connectivity index (χ1v) is 8.63. The van der Waals surface area contributed by atoms with Crippen molar-refractivity contribution in [2.75, 3.05) is 5.32 Å². The van der Waals surface area contributed by atoms with E-state index in [1.807, 2.05) is 13.8 Å². The van der Waals surface area contributed by atoms with E-state index in [1.54, 1.807) is 17.8 Å². The molecule has 5 nitrogen and oxygen atoms in total. The van der Waals surface area contributed by atoms with Crippen LogP contribution in [0, 0.1) is 17.0 Å². The Morgan fingerprint density at radius 2 is 2.05 bits per heavy atom. The SMILES string of the molecule is Cc1ccc([N+](=O)[O-])cc1NC(=O)C(C)SC1CCCCC1. The molecule has 1 saturated carbocycles. The highest BCUT2D eigenvalue weighted by Gasteiger charge is 2.22. The van der Waals surface area contributed by atoms with Gasteiger partial charge in [0.15, 0.2) is 0 Å². The third-order valence-electron chi connectivity index (χ3n) is 4.01. The van der Waals surface area contributed by atoms with Crippen LogP contribution in [-0.4, -0.2) is 21.3 Å². The number of thioether (sulfide) groups is 1. The maximum absolute atomic E-state index is 12.3. The highest BCUT2D eigenvalue weighted by Crippen LogP contribution is 2.31. The molecular weight excluding hydrogens is 300 g/mol. The van der Waals surface area contributed by atoms with Gasteiger partial charge in [-0.3, -0.25) is 14.9 Å². The van der Waals surface area contributed by atoms with Crippen molar-refractivity contribution >= 4 is 29.0 Å². The lowest BCUT2D eigenvalue weighted by atomic mass is 10.0. The summed E-state index contributed by atoms with van der Waals surface area (Å²) in [7, 11) is 0. The van der Waals surface area contributed by atoms with E-state index in [9.17, 15) is 14.9 Å². The van der Waals surface area contributed by atoms with E-state index in [2.05, 4.69) is 5.32 Å². The minimum Gasteiger partial charge on any atom is -0.325 e. The van der Waals surface area contributed by atoms with Gasteiger partial charge in [0, 0.05) is 17.4 Å². The molecule has 1 unspecified atom stereocenters. The van der Waals surface area contributed by atoms with E-state index in [-0.39, 0.29) is 16.8 Å². The summed E-state index contributed by atoms with van der Waals surface area (Å²) >= 11 is 1.72. The predicted molar refractivity (Wildman–Crippen MR) is 90.4 cm³/mol. The first-order valence-electron chi connectivity index (χ1n) is 7.68. The average Bonchev–Trinajstić information content (AvgIpc) is 2.50. The molecule has 1 aliphatic carbocycles. The summed E-state index contributed by atoms with van der Waals surface area (Å²) in [6.45, 7) is 3.74. The molecule has 1 N–H and O–H groups in total. The summed E-state index contributed by atoms with van der Waals surface area (Å²) in [5.74, 6) is -0.0841. The monoisotopic (exact) mass is 322 g/mol. The van der Waals surface area contributed by atoms with Crippen LogP contribution in [0.1, 0.15) is 44.6 Å². The van der Waals surface area contributed by atoms with Crippen LogP contribution >= 0.6 is 11.8 Å². The third kappa shape index (κ3) is 4.47. The number of hydrogen-bond donors (Lipinski definition) is 1. The van der Waals surface area contributed by atoms with Crippen LogP contribution in [0.25, 0.3) is 0 Å². The van der Waals surface area contributed by atoms with Crippen LogP contribution in [0.4, 0.5) is 11.4 Å². The Balaban J connectivity index is 1.98. The number of amides is 1. The molecule has 2 rings (SSSR count). The van der Waals surface area contributed by atoms with Crippen LogP contribution in [-0.2, 0) is 4.79 Å². The van der Waals surface area contributed by atoms with Crippen LogP contribution in [0.3, 0.4) is 0 Å². The highest BCUT2D eigenvalue weighted by molar-refractivity contribution is 8.01. The molecule has 0 saturated heterocycles. The van der Waals surface area contributed by atoms with Crippen molar-refractivity contribution in [1.29, 1.82) is 0 Å². The molecule has 0 heterocycles. The fourth-order valence-electron chi connectivity index (χ4n) is 2.64. The molecular formula is C16H22N2O3S. The van der Waals surface area contributed by atoms with Gasteiger partial charge in [-0.25, -0.2) is 0 Å². The van der Waals surface area contributed by atoms with E-state index in [0.29, 0.717) is 10.9 Å². The number of non-ortho nitro benzene ring substituents is 1. The Bertz CT molecular complexity index is 556. The summed E-state index contributed by atoms with van der Waals surface area (Å²) in [6, 6.07) is 4.53. The van der Waals surface area contributed by atoms with Gasteiger partial charge in [0.25, 0.3) is 5.69 Å². The lowest BCUT2D eigenvalue weighted by Gasteiger charge is -2.24. The van der Waals surface area contributed by atoms with Crippen LogP contribution in [0.15, 0.2) is 18.2 Å². The minimum atomic E-state index is -0.449. The number of nitrogens with one attached hydrogen (secondary N) is 1. The Labute approximate surface area is 135 Å². The normalized spacial score (nSPS) is 17.0. The molecule has 1 aromatic rings. The zero-order valence-electron chi connectivity index (χ0n) is 13.0. The molecule has 6 heteroatoms. The first-order chi connectivity index (χ1) is 10.5. The third-order valence-corrected chi connectivity index (χ3v) is 5.49. The lowest BCUT2D eigenvalue weighted by Crippen LogP contribution is -2.25. The summed E-state index contributed by atoms with van der Waals surface area (Å²) in [4.78, 5) is 22.7. The fourth-order valence-corrected chi connectivity index (χ4v) is 4.01. The molecule has 0 spiro atoms. The van der Waals surface area contributed by atoms with Crippen molar-refractivity contribution in [1.82, 2.24) is 0 Å². The number of anilines is 1. The molecule has 1 aliphatic rings. The second kappa shape index (κ2) is 7.63. The quantitative estimate of drug-likeness (QED) is 0.648. The molecule has 1 aromatic carbocycles. The molecule has 1 atom stereocenters. The summed E-state index contributed by atoms with van der Waals surface area (Å²) < 4.78 is 0. The first kappa shape index (κ1) is 16.8. The molecule has 1 amide bonds. The van der Waals surface area contributed by atoms with E-state index in [1.165, 1.54) is 44.2 Å². The maximum Gasteiger partial charge on any atom is 0.271 e. The van der Waals surface area contributed by atoms with Gasteiger partial charge in [0.05, 0.1) is 15.9 Å². The summed E-state index contributed by atoms with van der Waals surface area (Å²) in [5.41, 5.74) is 1.34. The number of carbonyl (C=O) groups excluding carboxylic acids is 1. The molecule has 0 aromatic heterocycles. The van der Waals surface area contributed by atoms with Gasteiger partial charge in [-0.1, -0.05) is 25.3 Å². The van der Waals surface area contributed by atoms with Crippen LogP contribution < -0.4 is 5.32 Å². The number of nitrogens with zero attached hydrogens (tertiary/aromatic N) is 1. The van der Waals surface area contributed by atoms with Crippen molar-refractivity contribution in [2.45, 2.75) is 56.5 Å². The van der Waals surface area contributed by atoms with Crippen molar-refractivity contribution in [3.05, 3.63) is 33.9 Å². The standard InChI is InChI=1S/C16H22N2O3S/c1-11-8-9-13(18(20)21)10-15(11)17-16(19)12(2)22-14-6-4-3-5-7-14/h8-10,12,14H,3-7H2,1-2H3,(H,17,19). The van der Waals surface area contributed by atoms with Gasteiger partial charge in [0.1, 0.15) is 0 Å². The largest absolute Gasteiger partial charge is 0.325 e. The lowest BCUT2D eigenvalue weighted by molar-refractivity contribution is -0.384. The van der Waals surface area contributed by atoms with Crippen molar-refractivity contribution < 1.29 is 9.72 Å². The number of rotatable bonds is 5. The Morgan fingerprint density at radius 3 is 2.68 bits per heavy atom. The fraction of sp³-hybridized carbons (Fsp3) is 0.562. The molecule has 120 valence electrons. The Hall–Kier alpha value is -1.56. The zero-order chi connectivity index (χ0) is 16.1. The number of carbonyl (C=O) groups is 1. The second-order valence-electron chi connectivity index (χ2n) is 5.78. The maximum atomic E-state index is 12.3. The number of nitro groups is 1. The number of hydrogen-bond acceptors (Lipinski definition) is 4. The molecule has 0 aliphatic heterocycles. The van der Waals surface area contributed by atoms with E-state index in [0.717, 1.165) is 5.56 Å². The zero-order valence-corrected chi connectivity index (χ0v) is 13.8. The Morgan fingerprint density at radius 1 is 1.36 bits per heavy atom. The minimum absolute atomic E-state index is 0.00603. The number of nitro benzene ring substituents is 1. The second-order valence-corrected chi connectivity index (χ2v) is 7.43. The molecule has 1 fully saturated rings. The molecule has 22 heavy (non-hydrogen) atoms. The predicted octanol–water partition coefficient (Wildman–Crippen LogP) is 4.30. The van der Waals surface area contributed by atoms with E-state index in [4.69, 9.17) is 0 Å². The van der Waals surface area contributed by atoms with E-state index < -0.39 is 4.92 Å². The van der Waals surface area contributed by atoms with Gasteiger partial charge in [-0.05, 0) is 32.3 Å². The topological polar surface area (TPSA) is 72.2 Å². The van der Waals surface area contributed by atoms with Gasteiger partial charge < -0.3 is 5.32 Å². The molecule has 0 bridgehead atoms. The average molecular weight is 322 g/mol. The number of aryl methyl sites for hydroxylation is 1. The van der Waals surface area contributed by atoms with Crippen molar-refractivity contribution in [3.8, 4) is 0 Å². The van der Waals surface area contributed by atoms with Gasteiger partial charge in [-0.15, -0.1) is 11.8 Å². The smallest absolute Gasteiger partial charge is 0.271 e.